The molecule has 3 amide bonds. The third-order valence-corrected chi connectivity index (χ3v) is 6.40. The molecule has 1 saturated heterocycles. The van der Waals surface area contributed by atoms with E-state index in [1.807, 2.05) is 32.0 Å². The summed E-state index contributed by atoms with van der Waals surface area (Å²) in [5, 5.41) is 2.90. The van der Waals surface area contributed by atoms with Crippen LogP contribution >= 0.6 is 0 Å². The second-order valence-electron chi connectivity index (χ2n) is 8.78. The van der Waals surface area contributed by atoms with Gasteiger partial charge in [-0.2, -0.15) is 0 Å². The quantitative estimate of drug-likeness (QED) is 0.622. The van der Waals surface area contributed by atoms with Crippen LogP contribution in [0.2, 0.25) is 0 Å². The van der Waals surface area contributed by atoms with Crippen LogP contribution in [0.15, 0.2) is 36.4 Å². The second-order valence-corrected chi connectivity index (χ2v) is 8.78. The fourth-order valence-electron chi connectivity index (χ4n) is 4.30. The lowest BCUT2D eigenvalue weighted by Gasteiger charge is -2.25. The second kappa shape index (κ2) is 10.8. The van der Waals surface area contributed by atoms with E-state index in [1.165, 1.54) is 4.90 Å². The van der Waals surface area contributed by atoms with Gasteiger partial charge in [0, 0.05) is 44.1 Å². The molecule has 1 fully saturated rings. The molecule has 0 bridgehead atoms. The molecule has 4 rings (SSSR count). The van der Waals surface area contributed by atoms with Crippen LogP contribution in [-0.4, -0.2) is 69.2 Å². The normalized spacial score (nSPS) is 16.8. The number of rotatable bonds is 8. The van der Waals surface area contributed by atoms with E-state index in [0.717, 1.165) is 16.8 Å². The molecule has 2 aliphatic rings. The van der Waals surface area contributed by atoms with Crippen LogP contribution in [0.3, 0.4) is 0 Å². The third-order valence-electron chi connectivity index (χ3n) is 6.40. The van der Waals surface area contributed by atoms with Gasteiger partial charge in [0.1, 0.15) is 13.2 Å². The summed E-state index contributed by atoms with van der Waals surface area (Å²) >= 11 is 0. The SMILES string of the molecule is COCCN(CC(=O)Nc1cccc(C)c1C)C(=O)C1CC(=O)N(c2ccc3c(c2)OCCO3)C1. The molecular weight excluding hydrogens is 450 g/mol. The van der Waals surface area contributed by atoms with Gasteiger partial charge in [0.2, 0.25) is 17.7 Å². The standard InChI is InChI=1S/C26H31N3O6/c1-17-5-4-6-21(18(17)2)27-24(30)16-28(9-10-33-3)26(32)19-13-25(31)29(15-19)20-7-8-22-23(14-20)35-12-11-34-22/h4-8,14,19H,9-13,15-16H2,1-3H3,(H,27,30). The number of methoxy groups -OCH3 is 1. The van der Waals surface area contributed by atoms with Gasteiger partial charge in [-0.1, -0.05) is 12.1 Å². The Kier molecular flexibility index (Phi) is 7.55. The van der Waals surface area contributed by atoms with Gasteiger partial charge in [-0.15, -0.1) is 0 Å². The Morgan fingerprint density at radius 2 is 1.91 bits per heavy atom. The van der Waals surface area contributed by atoms with Crippen molar-refractivity contribution in [1.29, 1.82) is 0 Å². The summed E-state index contributed by atoms with van der Waals surface area (Å²) in [6.07, 6.45) is 0.0787. The van der Waals surface area contributed by atoms with E-state index in [2.05, 4.69) is 5.32 Å². The van der Waals surface area contributed by atoms with Gasteiger partial charge in [-0.25, -0.2) is 0 Å². The van der Waals surface area contributed by atoms with Crippen LogP contribution in [-0.2, 0) is 19.1 Å². The average molecular weight is 482 g/mol. The summed E-state index contributed by atoms with van der Waals surface area (Å²) in [7, 11) is 1.54. The highest BCUT2D eigenvalue weighted by molar-refractivity contribution is 6.01. The topological polar surface area (TPSA) is 97.4 Å². The summed E-state index contributed by atoms with van der Waals surface area (Å²) in [6, 6.07) is 11.0. The van der Waals surface area contributed by atoms with E-state index in [1.54, 1.807) is 30.2 Å². The number of carbonyl (C=O) groups excluding carboxylic acids is 3. The lowest BCUT2D eigenvalue weighted by atomic mass is 10.1. The number of carbonyl (C=O) groups is 3. The van der Waals surface area contributed by atoms with Crippen molar-refractivity contribution in [3.05, 3.63) is 47.5 Å². The lowest BCUT2D eigenvalue weighted by molar-refractivity contribution is -0.139. The fraction of sp³-hybridized carbons (Fsp3) is 0.423. The third kappa shape index (κ3) is 5.57. The Morgan fingerprint density at radius 3 is 2.69 bits per heavy atom. The molecule has 2 aromatic rings. The van der Waals surface area contributed by atoms with Crippen molar-refractivity contribution in [3.63, 3.8) is 0 Å². The maximum Gasteiger partial charge on any atom is 0.244 e. The summed E-state index contributed by atoms with van der Waals surface area (Å²) in [5.41, 5.74) is 3.42. The summed E-state index contributed by atoms with van der Waals surface area (Å²) in [5.74, 6) is -0.0172. The molecule has 2 heterocycles. The maximum absolute atomic E-state index is 13.4. The van der Waals surface area contributed by atoms with Gasteiger partial charge < -0.3 is 29.3 Å². The van der Waals surface area contributed by atoms with Crippen LogP contribution in [0, 0.1) is 19.8 Å². The van der Waals surface area contributed by atoms with Gasteiger partial charge in [0.05, 0.1) is 19.1 Å². The lowest BCUT2D eigenvalue weighted by Crippen LogP contribution is -2.43. The number of benzene rings is 2. The molecule has 186 valence electrons. The van der Waals surface area contributed by atoms with E-state index in [-0.39, 0.29) is 50.4 Å². The Balaban J connectivity index is 1.44. The summed E-state index contributed by atoms with van der Waals surface area (Å²) in [6.45, 7) is 5.51. The van der Waals surface area contributed by atoms with Crippen molar-refractivity contribution in [2.75, 3.05) is 56.8 Å². The monoisotopic (exact) mass is 481 g/mol. The zero-order chi connectivity index (χ0) is 24.9. The smallest absolute Gasteiger partial charge is 0.244 e. The van der Waals surface area contributed by atoms with Crippen molar-refractivity contribution in [3.8, 4) is 11.5 Å². The molecule has 1 unspecified atom stereocenters. The highest BCUT2D eigenvalue weighted by atomic mass is 16.6. The first-order valence-electron chi connectivity index (χ1n) is 11.7. The van der Waals surface area contributed by atoms with Crippen LogP contribution in [0.5, 0.6) is 11.5 Å². The Morgan fingerprint density at radius 1 is 1.14 bits per heavy atom. The van der Waals surface area contributed by atoms with Crippen molar-refractivity contribution >= 4 is 29.1 Å². The predicted molar refractivity (Wildman–Crippen MR) is 131 cm³/mol. The molecule has 2 aromatic carbocycles. The van der Waals surface area contributed by atoms with Crippen molar-refractivity contribution < 1.29 is 28.6 Å². The van der Waals surface area contributed by atoms with Crippen LogP contribution < -0.4 is 19.7 Å². The molecular formula is C26H31N3O6. The van der Waals surface area contributed by atoms with Gasteiger partial charge >= 0.3 is 0 Å². The van der Waals surface area contributed by atoms with Gasteiger partial charge in [-0.05, 0) is 43.2 Å². The minimum absolute atomic E-state index is 0.0787. The highest BCUT2D eigenvalue weighted by Crippen LogP contribution is 2.36. The average Bonchev–Trinajstić information content (AvgIpc) is 3.25. The number of fused-ring (bicyclic) bond motifs is 1. The maximum atomic E-state index is 13.4. The largest absolute Gasteiger partial charge is 0.486 e. The first kappa shape index (κ1) is 24.5. The molecule has 0 radical (unpaired) electrons. The minimum Gasteiger partial charge on any atom is -0.486 e. The van der Waals surface area contributed by atoms with E-state index in [9.17, 15) is 14.4 Å². The minimum atomic E-state index is -0.555. The van der Waals surface area contributed by atoms with Crippen LogP contribution in [0.1, 0.15) is 17.5 Å². The molecule has 0 aromatic heterocycles. The zero-order valence-electron chi connectivity index (χ0n) is 20.3. The number of aryl methyl sites for hydroxylation is 1. The van der Waals surface area contributed by atoms with E-state index >= 15 is 0 Å². The van der Waals surface area contributed by atoms with E-state index in [0.29, 0.717) is 30.4 Å². The van der Waals surface area contributed by atoms with Crippen molar-refractivity contribution in [1.82, 2.24) is 4.90 Å². The molecule has 1 N–H and O–H groups in total. The first-order valence-corrected chi connectivity index (χ1v) is 11.7. The molecule has 35 heavy (non-hydrogen) atoms. The molecule has 1 atom stereocenters. The van der Waals surface area contributed by atoms with Gasteiger partial charge in [0.25, 0.3) is 0 Å². The number of ether oxygens (including phenoxy) is 3. The first-order chi connectivity index (χ1) is 16.9. The molecule has 9 nitrogen and oxygen atoms in total. The van der Waals surface area contributed by atoms with Gasteiger partial charge in [0.15, 0.2) is 11.5 Å². The highest BCUT2D eigenvalue weighted by Gasteiger charge is 2.38. The van der Waals surface area contributed by atoms with Gasteiger partial charge in [-0.3, -0.25) is 14.4 Å². The molecule has 9 heteroatoms. The Bertz CT molecular complexity index is 1120. The number of hydrogen-bond donors (Lipinski definition) is 1. The zero-order valence-corrected chi connectivity index (χ0v) is 20.3. The summed E-state index contributed by atoms with van der Waals surface area (Å²) in [4.78, 5) is 42.1. The van der Waals surface area contributed by atoms with E-state index < -0.39 is 5.92 Å². The molecule has 0 spiro atoms. The Labute approximate surface area is 204 Å². The predicted octanol–water partition coefficient (Wildman–Crippen LogP) is 2.54. The number of hydrogen-bond acceptors (Lipinski definition) is 6. The van der Waals surface area contributed by atoms with Crippen molar-refractivity contribution in [2.45, 2.75) is 20.3 Å². The number of amides is 3. The van der Waals surface area contributed by atoms with Crippen LogP contribution in [0.4, 0.5) is 11.4 Å². The number of nitrogens with zero attached hydrogens (tertiary/aromatic N) is 2. The van der Waals surface area contributed by atoms with Crippen molar-refractivity contribution in [2.24, 2.45) is 5.92 Å². The fourth-order valence-corrected chi connectivity index (χ4v) is 4.30. The van der Waals surface area contributed by atoms with E-state index in [4.69, 9.17) is 14.2 Å². The number of nitrogens with one attached hydrogen (secondary N) is 1. The molecule has 2 aliphatic heterocycles. The number of anilines is 2. The summed E-state index contributed by atoms with van der Waals surface area (Å²) < 4.78 is 16.3. The molecule has 0 saturated carbocycles. The molecule has 0 aliphatic carbocycles. The van der Waals surface area contributed by atoms with Crippen LogP contribution in [0.25, 0.3) is 0 Å². The Hall–Kier alpha value is -3.59.